The third-order valence-corrected chi connectivity index (χ3v) is 1.40. The zero-order chi connectivity index (χ0) is 9.68. The van der Waals surface area contributed by atoms with Crippen molar-refractivity contribution in [3.05, 3.63) is 11.6 Å². The SMILES string of the molecule is CCOC(=O)c1n[nH]c(CC[NH3+])n1.[Cl-]. The van der Waals surface area contributed by atoms with Crippen LogP contribution in [0, 0.1) is 0 Å². The van der Waals surface area contributed by atoms with Gasteiger partial charge in [-0.1, -0.05) is 0 Å². The Balaban J connectivity index is 0.00000169. The maximum atomic E-state index is 11.1. The van der Waals surface area contributed by atoms with Gasteiger partial charge in [0.25, 0.3) is 5.82 Å². The van der Waals surface area contributed by atoms with Gasteiger partial charge in [-0.05, 0) is 6.92 Å². The fourth-order valence-corrected chi connectivity index (χ4v) is 0.861. The lowest BCUT2D eigenvalue weighted by Gasteiger charge is -1.94. The van der Waals surface area contributed by atoms with Crippen molar-refractivity contribution in [2.45, 2.75) is 13.3 Å². The van der Waals surface area contributed by atoms with Gasteiger partial charge in [0.1, 0.15) is 5.82 Å². The molecule has 0 saturated heterocycles. The van der Waals surface area contributed by atoms with Crippen molar-refractivity contribution < 1.29 is 27.7 Å². The van der Waals surface area contributed by atoms with Crippen molar-refractivity contribution in [1.82, 2.24) is 15.2 Å². The first-order valence-corrected chi connectivity index (χ1v) is 4.15. The third kappa shape index (κ3) is 3.31. The highest BCUT2D eigenvalue weighted by atomic mass is 35.5. The lowest BCUT2D eigenvalue weighted by molar-refractivity contribution is -0.366. The van der Waals surface area contributed by atoms with Gasteiger partial charge in [0.2, 0.25) is 0 Å². The quantitative estimate of drug-likeness (QED) is 0.503. The van der Waals surface area contributed by atoms with Gasteiger partial charge in [0.15, 0.2) is 0 Å². The summed E-state index contributed by atoms with van der Waals surface area (Å²) < 4.78 is 4.72. The number of nitrogens with zero attached hydrogens (tertiary/aromatic N) is 2. The smallest absolute Gasteiger partial charge is 0.378 e. The van der Waals surface area contributed by atoms with Crippen molar-refractivity contribution in [2.24, 2.45) is 0 Å². The molecule has 1 rings (SSSR count). The molecule has 1 heterocycles. The summed E-state index contributed by atoms with van der Waals surface area (Å²) in [6, 6.07) is 0. The minimum atomic E-state index is -0.492. The maximum absolute atomic E-state index is 11.1. The van der Waals surface area contributed by atoms with Crippen LogP contribution in [0.25, 0.3) is 0 Å². The molecule has 7 heteroatoms. The van der Waals surface area contributed by atoms with E-state index < -0.39 is 5.97 Å². The second-order valence-electron chi connectivity index (χ2n) is 2.43. The van der Waals surface area contributed by atoms with Crippen LogP contribution in [0.3, 0.4) is 0 Å². The van der Waals surface area contributed by atoms with E-state index in [0.29, 0.717) is 18.9 Å². The van der Waals surface area contributed by atoms with Gasteiger partial charge >= 0.3 is 5.97 Å². The van der Waals surface area contributed by atoms with Gasteiger partial charge in [-0.15, -0.1) is 5.10 Å². The molecule has 0 aromatic carbocycles. The number of carbonyl (C=O) groups is 1. The first-order valence-electron chi connectivity index (χ1n) is 4.15. The molecule has 0 spiro atoms. The number of quaternary nitrogens is 1. The monoisotopic (exact) mass is 220 g/mol. The molecule has 14 heavy (non-hydrogen) atoms. The first-order chi connectivity index (χ1) is 6.27. The van der Waals surface area contributed by atoms with Crippen LogP contribution in [-0.4, -0.2) is 34.3 Å². The standard InChI is InChI=1S/C7H12N4O2.ClH/c1-2-13-7(12)6-9-5(3-4-8)10-11-6;/h2-4,8H2,1H3,(H,9,10,11);1H. The number of hydrogen-bond acceptors (Lipinski definition) is 4. The number of nitrogens with one attached hydrogen (secondary N) is 1. The molecule has 1 aromatic rings. The molecule has 1 aromatic heterocycles. The minimum absolute atomic E-state index is 0. The van der Waals surface area contributed by atoms with Crippen LogP contribution < -0.4 is 18.1 Å². The van der Waals surface area contributed by atoms with E-state index in [-0.39, 0.29) is 18.2 Å². The molecule has 0 aliphatic carbocycles. The van der Waals surface area contributed by atoms with Crippen molar-refractivity contribution in [3.63, 3.8) is 0 Å². The van der Waals surface area contributed by atoms with E-state index in [0.717, 1.165) is 6.54 Å². The van der Waals surface area contributed by atoms with E-state index in [2.05, 4.69) is 20.9 Å². The number of aromatic nitrogens is 3. The number of rotatable bonds is 4. The van der Waals surface area contributed by atoms with Gasteiger partial charge in [0.05, 0.1) is 19.6 Å². The van der Waals surface area contributed by atoms with E-state index in [9.17, 15) is 4.79 Å². The van der Waals surface area contributed by atoms with E-state index in [1.807, 2.05) is 0 Å². The lowest BCUT2D eigenvalue weighted by Crippen LogP contribution is -3.00. The first kappa shape index (κ1) is 12.9. The fourth-order valence-electron chi connectivity index (χ4n) is 0.861. The predicted octanol–water partition coefficient (Wildman–Crippen LogP) is -4.23. The molecule has 0 fully saturated rings. The number of esters is 1. The molecule has 0 amide bonds. The van der Waals surface area contributed by atoms with Crippen LogP contribution in [0.5, 0.6) is 0 Å². The molecule has 0 bridgehead atoms. The fraction of sp³-hybridized carbons (Fsp3) is 0.571. The third-order valence-electron chi connectivity index (χ3n) is 1.40. The normalized spacial score (nSPS) is 9.29. The Morgan fingerprint density at radius 3 is 2.93 bits per heavy atom. The second-order valence-corrected chi connectivity index (χ2v) is 2.43. The van der Waals surface area contributed by atoms with Crippen molar-refractivity contribution in [2.75, 3.05) is 13.2 Å². The van der Waals surface area contributed by atoms with Gasteiger partial charge in [-0.2, -0.15) is 0 Å². The molecule has 0 saturated carbocycles. The Hall–Kier alpha value is -1.14. The summed E-state index contributed by atoms with van der Waals surface area (Å²) >= 11 is 0. The van der Waals surface area contributed by atoms with Crippen LogP contribution in [0.2, 0.25) is 0 Å². The highest BCUT2D eigenvalue weighted by Crippen LogP contribution is 1.95. The summed E-state index contributed by atoms with van der Waals surface area (Å²) in [6.45, 7) is 2.79. The highest BCUT2D eigenvalue weighted by Gasteiger charge is 2.12. The number of hydrogen-bond donors (Lipinski definition) is 2. The van der Waals surface area contributed by atoms with E-state index in [1.165, 1.54) is 0 Å². The van der Waals surface area contributed by atoms with Crippen molar-refractivity contribution in [3.8, 4) is 0 Å². The Labute approximate surface area is 87.6 Å². The summed E-state index contributed by atoms with van der Waals surface area (Å²) in [5.41, 5.74) is 3.67. The van der Waals surface area contributed by atoms with E-state index in [1.54, 1.807) is 6.92 Å². The molecule has 4 N–H and O–H groups in total. The Bertz CT molecular complexity index is 289. The Morgan fingerprint density at radius 1 is 1.64 bits per heavy atom. The number of aromatic amines is 1. The van der Waals surface area contributed by atoms with Gasteiger partial charge < -0.3 is 22.9 Å². The highest BCUT2D eigenvalue weighted by molar-refractivity contribution is 5.84. The molecule has 0 aliphatic heterocycles. The van der Waals surface area contributed by atoms with E-state index in [4.69, 9.17) is 4.74 Å². The average Bonchev–Trinajstić information content (AvgIpc) is 2.54. The molecule has 0 aliphatic rings. The molecular formula is C7H13ClN4O2. The molecule has 80 valence electrons. The summed E-state index contributed by atoms with van der Waals surface area (Å²) in [4.78, 5) is 15.0. The lowest BCUT2D eigenvalue weighted by atomic mass is 10.4. The topological polar surface area (TPSA) is 95.5 Å². The molecule has 6 nitrogen and oxygen atoms in total. The molecular weight excluding hydrogens is 208 g/mol. The van der Waals surface area contributed by atoms with Crippen LogP contribution in [0.15, 0.2) is 0 Å². The van der Waals surface area contributed by atoms with Crippen LogP contribution >= 0.6 is 0 Å². The van der Waals surface area contributed by atoms with Crippen LogP contribution in [0.4, 0.5) is 0 Å². The minimum Gasteiger partial charge on any atom is -1.00 e. The number of carbonyl (C=O) groups excluding carboxylic acids is 1. The molecule has 0 radical (unpaired) electrons. The summed E-state index contributed by atoms with van der Waals surface area (Å²) in [5.74, 6) is 0.261. The van der Waals surface area contributed by atoms with Gasteiger partial charge in [0, 0.05) is 0 Å². The molecule has 0 unspecified atom stereocenters. The largest absolute Gasteiger partial charge is 1.00 e. The predicted molar refractivity (Wildman–Crippen MR) is 43.8 cm³/mol. The maximum Gasteiger partial charge on any atom is 0.378 e. The number of halogens is 1. The summed E-state index contributed by atoms with van der Waals surface area (Å²) in [7, 11) is 0. The number of ether oxygens (including phenoxy) is 1. The average molecular weight is 221 g/mol. The Kier molecular flexibility index (Phi) is 5.82. The molecule has 0 atom stereocenters. The number of H-pyrrole nitrogens is 1. The summed E-state index contributed by atoms with van der Waals surface area (Å²) in [5, 5.41) is 6.36. The van der Waals surface area contributed by atoms with Crippen molar-refractivity contribution >= 4 is 5.97 Å². The van der Waals surface area contributed by atoms with Crippen LogP contribution in [0.1, 0.15) is 23.4 Å². The zero-order valence-corrected chi connectivity index (χ0v) is 8.67. The van der Waals surface area contributed by atoms with Gasteiger partial charge in [-0.25, -0.2) is 9.78 Å². The van der Waals surface area contributed by atoms with Crippen molar-refractivity contribution in [1.29, 1.82) is 0 Å². The second kappa shape index (κ2) is 6.33. The zero-order valence-electron chi connectivity index (χ0n) is 7.92. The van der Waals surface area contributed by atoms with Crippen LogP contribution in [-0.2, 0) is 11.2 Å². The summed E-state index contributed by atoms with van der Waals surface area (Å²) in [6.07, 6.45) is 0.687. The van der Waals surface area contributed by atoms with E-state index >= 15 is 0 Å². The Morgan fingerprint density at radius 2 is 2.36 bits per heavy atom. The van der Waals surface area contributed by atoms with Gasteiger partial charge in [-0.3, -0.25) is 5.10 Å².